The Kier molecular flexibility index (Phi) is 3.12. The number of hydrogen-bond acceptors (Lipinski definition) is 5. The minimum Gasteiger partial charge on any atom is -0.460 e. The summed E-state index contributed by atoms with van der Waals surface area (Å²) in [6.07, 6.45) is 1.19. The average Bonchev–Trinajstić information content (AvgIpc) is 2.49. The Balaban J connectivity index is 2.26. The molecule has 0 aliphatic rings. The lowest BCUT2D eigenvalue weighted by atomic mass is 10.2. The van der Waals surface area contributed by atoms with E-state index in [9.17, 15) is 14.9 Å². The van der Waals surface area contributed by atoms with E-state index in [1.807, 2.05) is 0 Å². The van der Waals surface area contributed by atoms with E-state index in [0.29, 0.717) is 5.75 Å². The number of hydrogen-bond donors (Lipinski definition) is 0. The molecular formula is C15H9NO5. The van der Waals surface area contributed by atoms with Crippen molar-refractivity contribution in [3.8, 4) is 11.5 Å². The molecule has 0 bridgehead atoms. The maximum atomic E-state index is 11.8. The van der Waals surface area contributed by atoms with Crippen LogP contribution in [0.5, 0.6) is 11.5 Å². The second-order valence-corrected chi connectivity index (χ2v) is 4.25. The van der Waals surface area contributed by atoms with Crippen LogP contribution in [-0.2, 0) is 0 Å². The van der Waals surface area contributed by atoms with Gasteiger partial charge in [0.1, 0.15) is 5.75 Å². The largest absolute Gasteiger partial charge is 0.460 e. The predicted octanol–water partition coefficient (Wildman–Crippen LogP) is 3.49. The van der Waals surface area contributed by atoms with Gasteiger partial charge in [0, 0.05) is 12.1 Å². The molecule has 1 aromatic heterocycles. The summed E-state index contributed by atoms with van der Waals surface area (Å²) in [5.74, 6) is 0.334. The molecule has 0 spiro atoms. The quantitative estimate of drug-likeness (QED) is 0.542. The number of para-hydroxylation sites is 1. The van der Waals surface area contributed by atoms with Gasteiger partial charge in [-0.05, 0) is 18.2 Å². The average molecular weight is 283 g/mol. The molecule has 104 valence electrons. The molecule has 0 N–H and O–H groups in total. The van der Waals surface area contributed by atoms with Gasteiger partial charge >= 0.3 is 5.69 Å². The van der Waals surface area contributed by atoms with Crippen molar-refractivity contribution in [2.75, 3.05) is 0 Å². The second kappa shape index (κ2) is 5.09. The zero-order valence-corrected chi connectivity index (χ0v) is 10.7. The molecule has 1 heterocycles. The Morgan fingerprint density at radius 2 is 1.81 bits per heavy atom. The normalized spacial score (nSPS) is 10.5. The minimum absolute atomic E-state index is 0.0561. The number of benzene rings is 2. The number of nitro groups is 1. The molecule has 0 aliphatic carbocycles. The summed E-state index contributed by atoms with van der Waals surface area (Å²) < 4.78 is 10.8. The van der Waals surface area contributed by atoms with Gasteiger partial charge in [0.05, 0.1) is 16.6 Å². The summed E-state index contributed by atoms with van der Waals surface area (Å²) in [7, 11) is 0. The summed E-state index contributed by atoms with van der Waals surface area (Å²) >= 11 is 0. The monoisotopic (exact) mass is 283 g/mol. The Bertz CT molecular complexity index is 870. The van der Waals surface area contributed by atoms with E-state index in [1.54, 1.807) is 30.3 Å². The molecule has 0 fully saturated rings. The van der Waals surface area contributed by atoms with E-state index in [2.05, 4.69) is 0 Å². The lowest BCUT2D eigenvalue weighted by molar-refractivity contribution is -0.385. The molecular weight excluding hydrogens is 274 g/mol. The van der Waals surface area contributed by atoms with Gasteiger partial charge in [0.15, 0.2) is 11.0 Å². The maximum absolute atomic E-state index is 11.8. The molecule has 21 heavy (non-hydrogen) atoms. The van der Waals surface area contributed by atoms with E-state index in [0.717, 1.165) is 0 Å². The van der Waals surface area contributed by atoms with E-state index >= 15 is 0 Å². The number of rotatable bonds is 3. The number of nitrogens with zero attached hydrogens (tertiary/aromatic N) is 1. The summed E-state index contributed by atoms with van der Waals surface area (Å²) in [4.78, 5) is 22.3. The summed E-state index contributed by atoms with van der Waals surface area (Å²) in [6.45, 7) is 0. The standard InChI is InChI=1S/C15H9NO5/c17-13-8-9-20-14-11(13)6-7-12(16(18)19)15(14)21-10-4-2-1-3-5-10/h1-9H. The Labute approximate surface area is 118 Å². The Hall–Kier alpha value is -3.15. The first-order chi connectivity index (χ1) is 10.2. The molecule has 0 radical (unpaired) electrons. The van der Waals surface area contributed by atoms with Crippen LogP contribution in [0, 0.1) is 10.1 Å². The van der Waals surface area contributed by atoms with Crippen LogP contribution in [0.3, 0.4) is 0 Å². The van der Waals surface area contributed by atoms with Crippen molar-refractivity contribution in [3.63, 3.8) is 0 Å². The number of nitro benzene ring substituents is 1. The highest BCUT2D eigenvalue weighted by Gasteiger charge is 2.22. The van der Waals surface area contributed by atoms with Crippen LogP contribution in [0.4, 0.5) is 5.69 Å². The molecule has 6 nitrogen and oxygen atoms in total. The smallest absolute Gasteiger partial charge is 0.315 e. The van der Waals surface area contributed by atoms with Gasteiger partial charge in [-0.2, -0.15) is 0 Å². The molecule has 0 amide bonds. The predicted molar refractivity (Wildman–Crippen MR) is 75.7 cm³/mol. The van der Waals surface area contributed by atoms with Gasteiger partial charge in [-0.1, -0.05) is 18.2 Å². The molecule has 0 atom stereocenters. The van der Waals surface area contributed by atoms with Crippen molar-refractivity contribution >= 4 is 16.7 Å². The van der Waals surface area contributed by atoms with Gasteiger partial charge in [-0.15, -0.1) is 0 Å². The van der Waals surface area contributed by atoms with Crippen LogP contribution in [0.25, 0.3) is 11.0 Å². The van der Waals surface area contributed by atoms with Crippen molar-refractivity contribution in [3.05, 3.63) is 75.1 Å². The van der Waals surface area contributed by atoms with Gasteiger partial charge < -0.3 is 9.15 Å². The zero-order valence-electron chi connectivity index (χ0n) is 10.7. The zero-order chi connectivity index (χ0) is 14.8. The van der Waals surface area contributed by atoms with Crippen molar-refractivity contribution in [1.29, 1.82) is 0 Å². The van der Waals surface area contributed by atoms with E-state index in [-0.39, 0.29) is 27.8 Å². The highest BCUT2D eigenvalue weighted by molar-refractivity contribution is 5.86. The molecule has 3 aromatic rings. The van der Waals surface area contributed by atoms with Gasteiger partial charge in [-0.3, -0.25) is 14.9 Å². The molecule has 3 rings (SSSR count). The molecule has 6 heteroatoms. The first-order valence-corrected chi connectivity index (χ1v) is 6.08. The Morgan fingerprint density at radius 3 is 2.52 bits per heavy atom. The van der Waals surface area contributed by atoms with Crippen molar-refractivity contribution in [2.24, 2.45) is 0 Å². The van der Waals surface area contributed by atoms with Crippen LogP contribution in [0.15, 0.2) is 64.0 Å². The highest BCUT2D eigenvalue weighted by Crippen LogP contribution is 2.37. The number of fused-ring (bicyclic) bond motifs is 1. The van der Waals surface area contributed by atoms with Crippen molar-refractivity contribution in [1.82, 2.24) is 0 Å². The van der Waals surface area contributed by atoms with Crippen LogP contribution in [0.2, 0.25) is 0 Å². The molecule has 0 unspecified atom stereocenters. The third-order valence-electron chi connectivity index (χ3n) is 2.92. The SMILES string of the molecule is O=c1ccoc2c(Oc3ccccc3)c([N+](=O)[O-])ccc12. The summed E-state index contributed by atoms with van der Waals surface area (Å²) in [6, 6.07) is 12.4. The fourth-order valence-corrected chi connectivity index (χ4v) is 1.97. The fourth-order valence-electron chi connectivity index (χ4n) is 1.97. The third-order valence-corrected chi connectivity index (χ3v) is 2.92. The Morgan fingerprint density at radius 1 is 1.05 bits per heavy atom. The van der Waals surface area contributed by atoms with Gasteiger partial charge in [0.25, 0.3) is 0 Å². The first-order valence-electron chi connectivity index (χ1n) is 6.08. The van der Waals surface area contributed by atoms with E-state index in [1.165, 1.54) is 24.5 Å². The molecule has 0 saturated heterocycles. The fraction of sp³-hybridized carbons (Fsp3) is 0. The van der Waals surface area contributed by atoms with Gasteiger partial charge in [-0.25, -0.2) is 0 Å². The lowest BCUT2D eigenvalue weighted by Gasteiger charge is -2.08. The second-order valence-electron chi connectivity index (χ2n) is 4.25. The third kappa shape index (κ3) is 2.34. The lowest BCUT2D eigenvalue weighted by Crippen LogP contribution is -2.01. The molecule has 2 aromatic carbocycles. The number of ether oxygens (including phenoxy) is 1. The summed E-state index contributed by atoms with van der Waals surface area (Å²) in [5, 5.41) is 11.4. The molecule has 0 saturated carbocycles. The maximum Gasteiger partial charge on any atom is 0.315 e. The van der Waals surface area contributed by atoms with Crippen molar-refractivity contribution < 1.29 is 14.1 Å². The van der Waals surface area contributed by atoms with Crippen LogP contribution >= 0.6 is 0 Å². The van der Waals surface area contributed by atoms with E-state index in [4.69, 9.17) is 9.15 Å². The molecule has 0 aliphatic heterocycles. The summed E-state index contributed by atoms with van der Waals surface area (Å²) in [5.41, 5.74) is -0.495. The van der Waals surface area contributed by atoms with E-state index < -0.39 is 4.92 Å². The van der Waals surface area contributed by atoms with Crippen LogP contribution < -0.4 is 10.2 Å². The van der Waals surface area contributed by atoms with Crippen LogP contribution in [0.1, 0.15) is 0 Å². The topological polar surface area (TPSA) is 82.6 Å². The first kappa shape index (κ1) is 12.9. The minimum atomic E-state index is -0.579. The van der Waals surface area contributed by atoms with Crippen molar-refractivity contribution in [2.45, 2.75) is 0 Å². The highest BCUT2D eigenvalue weighted by atomic mass is 16.6. The van der Waals surface area contributed by atoms with Crippen LogP contribution in [-0.4, -0.2) is 4.92 Å². The van der Waals surface area contributed by atoms with Gasteiger partial charge in [0.2, 0.25) is 5.75 Å².